The molecular formula is C24H26N2. The maximum absolute atomic E-state index is 2.41. The van der Waals surface area contributed by atoms with Crippen LogP contribution >= 0.6 is 0 Å². The summed E-state index contributed by atoms with van der Waals surface area (Å²) in [5.74, 6) is 0. The third kappa shape index (κ3) is 2.57. The Balaban J connectivity index is 2.01. The van der Waals surface area contributed by atoms with Crippen LogP contribution in [0.25, 0.3) is 32.9 Å². The number of anilines is 1. The zero-order valence-electron chi connectivity index (χ0n) is 16.3. The van der Waals surface area contributed by atoms with Crippen LogP contribution in [-0.2, 0) is 6.54 Å². The van der Waals surface area contributed by atoms with E-state index >= 15 is 0 Å². The van der Waals surface area contributed by atoms with E-state index in [-0.39, 0.29) is 0 Å². The maximum Gasteiger partial charge on any atom is 0.0491 e. The van der Waals surface area contributed by atoms with Gasteiger partial charge in [-0.3, -0.25) is 0 Å². The number of hydrogen-bond donors (Lipinski definition) is 0. The fraction of sp³-hybridized carbons (Fsp3) is 0.250. The minimum Gasteiger partial charge on any atom is -0.378 e. The predicted molar refractivity (Wildman–Crippen MR) is 114 cm³/mol. The van der Waals surface area contributed by atoms with Crippen LogP contribution in [0.4, 0.5) is 5.69 Å². The van der Waals surface area contributed by atoms with Crippen LogP contribution in [-0.4, -0.2) is 18.7 Å². The van der Waals surface area contributed by atoms with Crippen LogP contribution in [0.3, 0.4) is 0 Å². The lowest BCUT2D eigenvalue weighted by atomic mass is 9.97. The van der Waals surface area contributed by atoms with Crippen molar-refractivity contribution in [3.05, 3.63) is 65.7 Å². The fourth-order valence-electron chi connectivity index (χ4n) is 3.93. The molecule has 0 unspecified atom stereocenters. The van der Waals surface area contributed by atoms with Gasteiger partial charge in [-0.25, -0.2) is 0 Å². The average Bonchev–Trinajstić information content (AvgIpc) is 2.94. The molecule has 0 atom stereocenters. The van der Waals surface area contributed by atoms with E-state index in [9.17, 15) is 0 Å². The zero-order valence-corrected chi connectivity index (χ0v) is 16.3. The van der Waals surface area contributed by atoms with Gasteiger partial charge < -0.3 is 9.47 Å². The molecule has 1 heterocycles. The van der Waals surface area contributed by atoms with Gasteiger partial charge in [0, 0.05) is 48.1 Å². The first-order valence-corrected chi connectivity index (χ1v) is 9.30. The molecule has 0 fully saturated rings. The second-order valence-corrected chi connectivity index (χ2v) is 7.39. The van der Waals surface area contributed by atoms with Gasteiger partial charge in [0.2, 0.25) is 0 Å². The first-order valence-electron chi connectivity index (χ1n) is 9.30. The van der Waals surface area contributed by atoms with Crippen molar-refractivity contribution in [3.63, 3.8) is 0 Å². The van der Waals surface area contributed by atoms with Gasteiger partial charge in [-0.2, -0.15) is 0 Å². The Morgan fingerprint density at radius 3 is 2.19 bits per heavy atom. The Morgan fingerprint density at radius 1 is 0.808 bits per heavy atom. The van der Waals surface area contributed by atoms with Gasteiger partial charge in [-0.05, 0) is 73.9 Å². The van der Waals surface area contributed by atoms with Crippen LogP contribution in [0.1, 0.15) is 18.1 Å². The van der Waals surface area contributed by atoms with Gasteiger partial charge in [0.05, 0.1) is 0 Å². The Bertz CT molecular complexity index is 1120. The second kappa shape index (κ2) is 6.21. The SMILES string of the molecule is CCn1c2ccc(C)cc2c2cc(-c3cc(N(C)C)ccc3C)ccc21. The number of aromatic nitrogens is 1. The molecular weight excluding hydrogens is 316 g/mol. The zero-order chi connectivity index (χ0) is 18.4. The summed E-state index contributed by atoms with van der Waals surface area (Å²) in [7, 11) is 4.19. The molecule has 4 aromatic rings. The lowest BCUT2D eigenvalue weighted by Crippen LogP contribution is -2.08. The minimum atomic E-state index is 0.984. The van der Waals surface area contributed by atoms with Crippen molar-refractivity contribution in [3.8, 4) is 11.1 Å². The van der Waals surface area contributed by atoms with Crippen molar-refractivity contribution in [2.24, 2.45) is 0 Å². The van der Waals surface area contributed by atoms with E-state index in [1.165, 1.54) is 49.7 Å². The number of nitrogens with zero attached hydrogens (tertiary/aromatic N) is 2. The highest BCUT2D eigenvalue weighted by atomic mass is 15.1. The predicted octanol–water partition coefficient (Wildman–Crippen LogP) is 6.16. The quantitative estimate of drug-likeness (QED) is 0.432. The summed E-state index contributed by atoms with van der Waals surface area (Å²) >= 11 is 0. The Hall–Kier alpha value is -2.74. The molecule has 2 heteroatoms. The summed E-state index contributed by atoms with van der Waals surface area (Å²) in [4.78, 5) is 2.16. The molecule has 4 rings (SSSR count). The molecule has 0 N–H and O–H groups in total. The molecule has 0 radical (unpaired) electrons. The molecule has 132 valence electrons. The first kappa shape index (κ1) is 16.7. The third-order valence-corrected chi connectivity index (χ3v) is 5.39. The summed E-state index contributed by atoms with van der Waals surface area (Å²) in [5.41, 5.74) is 9.09. The topological polar surface area (TPSA) is 8.17 Å². The third-order valence-electron chi connectivity index (χ3n) is 5.39. The van der Waals surface area contributed by atoms with Gasteiger partial charge in [-0.1, -0.05) is 23.8 Å². The first-order chi connectivity index (χ1) is 12.5. The molecule has 2 nitrogen and oxygen atoms in total. The van der Waals surface area contributed by atoms with E-state index in [2.05, 4.69) is 98.9 Å². The average molecular weight is 342 g/mol. The molecule has 0 spiro atoms. The van der Waals surface area contributed by atoms with E-state index in [1.54, 1.807) is 0 Å². The molecule has 3 aromatic carbocycles. The molecule has 0 aliphatic rings. The highest BCUT2D eigenvalue weighted by Crippen LogP contribution is 2.35. The van der Waals surface area contributed by atoms with Gasteiger partial charge >= 0.3 is 0 Å². The monoisotopic (exact) mass is 342 g/mol. The maximum atomic E-state index is 2.41. The number of fused-ring (bicyclic) bond motifs is 3. The van der Waals surface area contributed by atoms with Crippen LogP contribution in [0, 0.1) is 13.8 Å². The van der Waals surface area contributed by atoms with Crippen molar-refractivity contribution in [1.82, 2.24) is 4.57 Å². The molecule has 0 aliphatic heterocycles. The summed E-state index contributed by atoms with van der Waals surface area (Å²) in [6, 6.07) is 20.4. The van der Waals surface area contributed by atoms with Crippen LogP contribution in [0.15, 0.2) is 54.6 Å². The molecule has 0 bridgehead atoms. The van der Waals surface area contributed by atoms with Crippen molar-refractivity contribution >= 4 is 27.5 Å². The van der Waals surface area contributed by atoms with E-state index in [0.29, 0.717) is 0 Å². The van der Waals surface area contributed by atoms with E-state index in [4.69, 9.17) is 0 Å². The second-order valence-electron chi connectivity index (χ2n) is 7.39. The lowest BCUT2D eigenvalue weighted by molar-refractivity contribution is 0.827. The molecule has 0 amide bonds. The molecule has 0 saturated carbocycles. The molecule has 1 aromatic heterocycles. The number of rotatable bonds is 3. The largest absolute Gasteiger partial charge is 0.378 e. The van der Waals surface area contributed by atoms with E-state index in [1.807, 2.05) is 0 Å². The van der Waals surface area contributed by atoms with Crippen molar-refractivity contribution < 1.29 is 0 Å². The van der Waals surface area contributed by atoms with Gasteiger partial charge in [-0.15, -0.1) is 0 Å². The van der Waals surface area contributed by atoms with Gasteiger partial charge in [0.1, 0.15) is 0 Å². The molecule has 0 aliphatic carbocycles. The highest BCUT2D eigenvalue weighted by Gasteiger charge is 2.12. The van der Waals surface area contributed by atoms with Crippen LogP contribution in [0.5, 0.6) is 0 Å². The van der Waals surface area contributed by atoms with Crippen molar-refractivity contribution in [2.75, 3.05) is 19.0 Å². The lowest BCUT2D eigenvalue weighted by Gasteiger charge is -2.16. The fourth-order valence-corrected chi connectivity index (χ4v) is 3.93. The minimum absolute atomic E-state index is 0.984. The van der Waals surface area contributed by atoms with Gasteiger partial charge in [0.15, 0.2) is 0 Å². The number of benzene rings is 3. The summed E-state index contributed by atoms with van der Waals surface area (Å²) in [5, 5.41) is 2.70. The molecule has 26 heavy (non-hydrogen) atoms. The number of hydrogen-bond acceptors (Lipinski definition) is 1. The Morgan fingerprint density at radius 2 is 1.50 bits per heavy atom. The molecule has 0 saturated heterocycles. The normalized spacial score (nSPS) is 11.4. The smallest absolute Gasteiger partial charge is 0.0491 e. The summed E-state index contributed by atoms with van der Waals surface area (Å²) in [6.07, 6.45) is 0. The van der Waals surface area contributed by atoms with E-state index < -0.39 is 0 Å². The van der Waals surface area contributed by atoms with Crippen LogP contribution in [0.2, 0.25) is 0 Å². The van der Waals surface area contributed by atoms with Crippen LogP contribution < -0.4 is 4.90 Å². The summed E-state index contributed by atoms with van der Waals surface area (Å²) < 4.78 is 2.41. The van der Waals surface area contributed by atoms with E-state index in [0.717, 1.165) is 6.54 Å². The number of aryl methyl sites for hydroxylation is 3. The Kier molecular flexibility index (Phi) is 3.99. The standard InChI is InChI=1S/C24H26N2/c1-6-26-23-11-7-16(2)13-21(23)22-14-18(9-12-24(22)26)20-15-19(25(4)5)10-8-17(20)3/h7-15H,6H2,1-5H3. The van der Waals surface area contributed by atoms with Crippen molar-refractivity contribution in [2.45, 2.75) is 27.3 Å². The Labute approximate surface area is 155 Å². The summed E-state index contributed by atoms with van der Waals surface area (Å²) in [6.45, 7) is 7.57. The van der Waals surface area contributed by atoms with Gasteiger partial charge in [0.25, 0.3) is 0 Å². The highest BCUT2D eigenvalue weighted by molar-refractivity contribution is 6.09. The van der Waals surface area contributed by atoms with Crippen molar-refractivity contribution in [1.29, 1.82) is 0 Å².